The van der Waals surface area contributed by atoms with Crippen molar-refractivity contribution >= 4 is 0 Å². The number of nitrogens with two attached hydrogens (primary N) is 2. The number of nitrogens with one attached hydrogen (secondary N) is 2. The fraction of sp³-hybridized carbons (Fsp3) is 1.00. The molecule has 0 amide bonds. The molecule has 0 aromatic heterocycles. The van der Waals surface area contributed by atoms with Gasteiger partial charge in [0.05, 0.1) is 19.3 Å². The molecule has 0 heterocycles. The van der Waals surface area contributed by atoms with Gasteiger partial charge in [0, 0.05) is 27.3 Å². The van der Waals surface area contributed by atoms with E-state index < -0.39 is 18.9 Å². The molecular weight excluding hydrogens is 454 g/mol. The van der Waals surface area contributed by atoms with Crippen molar-refractivity contribution in [2.24, 2.45) is 17.4 Å². The molecule has 0 bridgehead atoms. The second kappa shape index (κ2) is 22.7. The van der Waals surface area contributed by atoms with Gasteiger partial charge in [0.15, 0.2) is 6.29 Å². The first-order chi connectivity index (χ1) is 16.9. The molecule has 0 radical (unpaired) electrons. The molecule has 0 aliphatic heterocycles. The molecule has 3 unspecified atom stereocenters. The van der Waals surface area contributed by atoms with Crippen molar-refractivity contribution in [3.63, 3.8) is 0 Å². The highest BCUT2D eigenvalue weighted by molar-refractivity contribution is 4.74. The number of methoxy groups -OCH3 is 2. The molecule has 0 saturated heterocycles. The zero-order chi connectivity index (χ0) is 26.5. The summed E-state index contributed by atoms with van der Waals surface area (Å²) >= 11 is 0. The molecule has 0 rings (SSSR count). The number of unbranched alkanes of at least 4 members (excludes halogenated alkanes) is 1. The molecule has 6 atom stereocenters. The van der Waals surface area contributed by atoms with Gasteiger partial charge in [-0.1, -0.05) is 33.6 Å². The molecule has 0 fully saturated rings. The average molecular weight is 510 g/mol. The maximum absolute atomic E-state index is 10.3. The molecule has 0 aliphatic rings. The maximum Gasteiger partial charge on any atom is 0.216 e. The number of hydrogen-bond acceptors (Lipinski definition) is 11. The molecule has 212 valence electrons. The van der Waals surface area contributed by atoms with E-state index in [1.54, 1.807) is 14.2 Å². The van der Waals surface area contributed by atoms with Crippen molar-refractivity contribution in [1.82, 2.24) is 15.5 Å². The van der Waals surface area contributed by atoms with E-state index in [1.165, 1.54) is 0 Å². The first-order valence-corrected chi connectivity index (χ1v) is 13.1. The predicted molar refractivity (Wildman–Crippen MR) is 138 cm³/mol. The summed E-state index contributed by atoms with van der Waals surface area (Å²) in [6.07, 6.45) is 2.42. The number of aliphatic hydroxyl groups excluding tert-OH is 2. The normalized spacial score (nSPS) is 17.3. The summed E-state index contributed by atoms with van der Waals surface area (Å²) in [5, 5.41) is 27.0. The van der Waals surface area contributed by atoms with Crippen molar-refractivity contribution in [3.8, 4) is 0 Å². The number of rotatable bonds is 25. The van der Waals surface area contributed by atoms with Crippen molar-refractivity contribution in [3.05, 3.63) is 0 Å². The van der Waals surface area contributed by atoms with Gasteiger partial charge in [-0.3, -0.25) is 15.5 Å². The fourth-order valence-corrected chi connectivity index (χ4v) is 3.52. The quantitative estimate of drug-likeness (QED) is 0.0745. The zero-order valence-electron chi connectivity index (χ0n) is 22.8. The van der Waals surface area contributed by atoms with Gasteiger partial charge in [-0.2, -0.15) is 0 Å². The Bertz CT molecular complexity index is 464. The van der Waals surface area contributed by atoms with E-state index in [1.807, 2.05) is 11.8 Å². The second-order valence-electron chi connectivity index (χ2n) is 8.91. The van der Waals surface area contributed by atoms with Crippen LogP contribution in [0.2, 0.25) is 0 Å². The molecule has 11 nitrogen and oxygen atoms in total. The van der Waals surface area contributed by atoms with Crippen LogP contribution < -0.4 is 22.1 Å². The highest BCUT2D eigenvalue weighted by Gasteiger charge is 2.24. The van der Waals surface area contributed by atoms with Crippen LogP contribution in [0, 0.1) is 5.92 Å². The average Bonchev–Trinajstić information content (AvgIpc) is 2.86. The van der Waals surface area contributed by atoms with Crippen molar-refractivity contribution < 1.29 is 29.2 Å². The highest BCUT2D eigenvalue weighted by Crippen LogP contribution is 2.12. The Kier molecular flexibility index (Phi) is 22.4. The van der Waals surface area contributed by atoms with Gasteiger partial charge in [0.25, 0.3) is 0 Å². The Morgan fingerprint density at radius 3 is 2.29 bits per heavy atom. The van der Waals surface area contributed by atoms with Crippen LogP contribution in [0.4, 0.5) is 0 Å². The van der Waals surface area contributed by atoms with Crippen LogP contribution in [-0.2, 0) is 18.9 Å². The van der Waals surface area contributed by atoms with E-state index in [2.05, 4.69) is 24.5 Å². The lowest BCUT2D eigenvalue weighted by Crippen LogP contribution is -2.48. The van der Waals surface area contributed by atoms with Crippen LogP contribution in [0.15, 0.2) is 0 Å². The summed E-state index contributed by atoms with van der Waals surface area (Å²) in [6.45, 7) is 10.1. The molecule has 11 heteroatoms. The minimum absolute atomic E-state index is 0.146. The van der Waals surface area contributed by atoms with E-state index >= 15 is 0 Å². The van der Waals surface area contributed by atoms with Crippen molar-refractivity contribution in [2.75, 3.05) is 60.2 Å². The van der Waals surface area contributed by atoms with Crippen LogP contribution >= 0.6 is 0 Å². The zero-order valence-corrected chi connectivity index (χ0v) is 22.8. The van der Waals surface area contributed by atoms with Crippen LogP contribution in [-0.4, -0.2) is 106 Å². The molecule has 0 aliphatic carbocycles. The lowest BCUT2D eigenvalue weighted by molar-refractivity contribution is -0.200. The standard InChI is InChI=1S/C24H55N5O6/c1-6-19(3)18-35-24(31)29(7-2)15-10-16-34-23(33-5)20(28-21(30)12-13-25)11-8-9-14-27-22(17-26)32-4/h19-24,27-28,30-31H,6-18,25-26H2,1-5H3/t19-,20+,21?,22?,23?,24+/m1/s1. The summed E-state index contributed by atoms with van der Waals surface area (Å²) in [6, 6.07) is -0.194. The van der Waals surface area contributed by atoms with Gasteiger partial charge < -0.3 is 40.6 Å². The molecule has 0 spiro atoms. The lowest BCUT2D eigenvalue weighted by Gasteiger charge is -2.30. The van der Waals surface area contributed by atoms with E-state index in [-0.39, 0.29) is 12.3 Å². The molecule has 0 aromatic rings. The fourth-order valence-electron chi connectivity index (χ4n) is 3.52. The predicted octanol–water partition coefficient (Wildman–Crippen LogP) is 0.343. The Balaban J connectivity index is 4.63. The molecule has 0 saturated carbocycles. The number of ether oxygens (including phenoxy) is 4. The first kappa shape index (κ1) is 34.6. The first-order valence-electron chi connectivity index (χ1n) is 13.1. The summed E-state index contributed by atoms with van der Waals surface area (Å²) < 4.78 is 22.5. The minimum Gasteiger partial charge on any atom is -0.379 e. The molecule has 35 heavy (non-hydrogen) atoms. The van der Waals surface area contributed by atoms with E-state index in [0.717, 1.165) is 32.2 Å². The Hall–Kier alpha value is -0.440. The Morgan fingerprint density at radius 2 is 1.71 bits per heavy atom. The second-order valence-corrected chi connectivity index (χ2v) is 8.91. The third kappa shape index (κ3) is 16.8. The van der Waals surface area contributed by atoms with E-state index in [0.29, 0.717) is 58.2 Å². The number of nitrogens with zero attached hydrogens (tertiary/aromatic N) is 1. The molecule has 8 N–H and O–H groups in total. The SMILES string of the molecule is CC[C@@H](C)CO[C@H](O)N(CC)CCCOC(OC)[C@H](CCCCNC(CN)OC)NC(O)CCN. The third-order valence-corrected chi connectivity index (χ3v) is 6.04. The lowest BCUT2D eigenvalue weighted by atomic mass is 10.1. The molecule has 0 aromatic carbocycles. The van der Waals surface area contributed by atoms with Crippen molar-refractivity contribution in [1.29, 1.82) is 0 Å². The maximum atomic E-state index is 10.3. The monoisotopic (exact) mass is 509 g/mol. The summed E-state index contributed by atoms with van der Waals surface area (Å²) in [4.78, 5) is 1.87. The minimum atomic E-state index is -0.918. The van der Waals surface area contributed by atoms with E-state index in [4.69, 9.17) is 30.4 Å². The summed E-state index contributed by atoms with van der Waals surface area (Å²) in [5.41, 5.74) is 11.2. The summed E-state index contributed by atoms with van der Waals surface area (Å²) in [5.74, 6) is 0.408. The number of aliphatic hydroxyl groups is 2. The van der Waals surface area contributed by atoms with Crippen LogP contribution in [0.5, 0.6) is 0 Å². The molecular formula is C24H55N5O6. The van der Waals surface area contributed by atoms with Crippen molar-refractivity contribution in [2.45, 2.75) is 90.5 Å². The van der Waals surface area contributed by atoms with Gasteiger partial charge in [-0.05, 0) is 51.2 Å². The summed E-state index contributed by atoms with van der Waals surface area (Å²) in [7, 11) is 3.23. The van der Waals surface area contributed by atoms with Gasteiger partial charge in [-0.25, -0.2) is 0 Å². The highest BCUT2D eigenvalue weighted by atomic mass is 16.7. The largest absolute Gasteiger partial charge is 0.379 e. The van der Waals surface area contributed by atoms with Crippen LogP contribution in [0.1, 0.15) is 59.3 Å². The van der Waals surface area contributed by atoms with Gasteiger partial charge >= 0.3 is 0 Å². The Morgan fingerprint density at radius 1 is 0.971 bits per heavy atom. The smallest absolute Gasteiger partial charge is 0.216 e. The van der Waals surface area contributed by atoms with Gasteiger partial charge in [0.2, 0.25) is 6.41 Å². The topological polar surface area (TPSA) is 157 Å². The van der Waals surface area contributed by atoms with Crippen LogP contribution in [0.25, 0.3) is 0 Å². The number of hydrogen-bond donors (Lipinski definition) is 6. The van der Waals surface area contributed by atoms with Gasteiger partial charge in [0.1, 0.15) is 12.5 Å². The Labute approximate surface area is 213 Å². The third-order valence-electron chi connectivity index (χ3n) is 6.04. The van der Waals surface area contributed by atoms with Crippen LogP contribution in [0.3, 0.4) is 0 Å². The van der Waals surface area contributed by atoms with E-state index in [9.17, 15) is 10.2 Å². The van der Waals surface area contributed by atoms with Gasteiger partial charge in [-0.15, -0.1) is 0 Å².